The molecule has 314 valence electrons. The number of hydrogen-bond donors (Lipinski definition) is 10. The first-order valence-electron chi connectivity index (χ1n) is 19.0. The molecule has 10 N–H and O–H groups in total. The molecule has 14 nitrogen and oxygen atoms in total. The van der Waals surface area contributed by atoms with Gasteiger partial charge in [-0.25, -0.2) is 4.79 Å². The van der Waals surface area contributed by atoms with Crippen LogP contribution in [0.15, 0.2) is 46.6 Å². The van der Waals surface area contributed by atoms with E-state index in [4.69, 9.17) is 19.3 Å². The Balaban J connectivity index is 3.18. The van der Waals surface area contributed by atoms with Gasteiger partial charge in [-0.3, -0.25) is 0 Å². The highest BCUT2D eigenvalue weighted by Gasteiger charge is 2.45. The van der Waals surface area contributed by atoms with Crippen molar-refractivity contribution >= 4 is 5.97 Å². The van der Waals surface area contributed by atoms with Crippen LogP contribution in [0.5, 0.6) is 0 Å². The number of ether oxygens (including phenoxy) is 3. The zero-order valence-corrected chi connectivity index (χ0v) is 33.7. The molecule has 0 unspecified atom stereocenters. The maximum atomic E-state index is 12.5. The van der Waals surface area contributed by atoms with Crippen molar-refractivity contribution in [1.29, 1.82) is 0 Å². The minimum Gasteiger partial charge on any atom is -0.459 e. The van der Waals surface area contributed by atoms with E-state index in [-0.39, 0.29) is 17.4 Å². The maximum Gasteiger partial charge on any atom is 0.333 e. The van der Waals surface area contributed by atoms with Crippen molar-refractivity contribution in [1.82, 2.24) is 0 Å². The van der Waals surface area contributed by atoms with Gasteiger partial charge < -0.3 is 65.3 Å². The van der Waals surface area contributed by atoms with Crippen molar-refractivity contribution in [2.75, 3.05) is 19.8 Å². The van der Waals surface area contributed by atoms with Gasteiger partial charge in [0.1, 0.15) is 49.3 Å². The second kappa shape index (κ2) is 23.9. The van der Waals surface area contributed by atoms with Gasteiger partial charge in [0, 0.05) is 23.3 Å². The standard InChI is InChI=1S/C40H70O14/c1-11-20(2)12-21(3)13-26(8)38(54-40-37(50)36(49)35(48)31(18-42)53-40)27(9)15-24(6)32(45)22(4)14-23(5)33(46)25(7)16-28(10)39(51)52-19-30(44)34(47)29(43)17-41/h13-16,20-22,25,27,29-38,40-50H,11-12,17-19H2,1-10H3/b23-14+,24-15-,26-13+,28-16+/t20-,21-,22+,25-,27-,29-,30-,31-,32-,33-,34+,35-,36+,37+,38-,40+/m1/s1. The molecule has 54 heavy (non-hydrogen) atoms. The molecular formula is C40H70O14. The van der Waals surface area contributed by atoms with Gasteiger partial charge in [-0.15, -0.1) is 0 Å². The van der Waals surface area contributed by atoms with E-state index in [2.05, 4.69) is 26.8 Å². The lowest BCUT2D eigenvalue weighted by molar-refractivity contribution is -0.310. The Bertz CT molecular complexity index is 1250. The molecule has 1 aliphatic heterocycles. The molecule has 0 aromatic carbocycles. The molecule has 14 heteroatoms. The van der Waals surface area contributed by atoms with Crippen LogP contribution in [-0.4, -0.2) is 144 Å². The van der Waals surface area contributed by atoms with Crippen molar-refractivity contribution in [3.63, 3.8) is 0 Å². The summed E-state index contributed by atoms with van der Waals surface area (Å²) in [6.45, 7) is 16.7. The van der Waals surface area contributed by atoms with Crippen LogP contribution in [0.2, 0.25) is 0 Å². The highest BCUT2D eigenvalue weighted by Crippen LogP contribution is 2.30. The van der Waals surface area contributed by atoms with Crippen LogP contribution in [0.1, 0.15) is 82.1 Å². The Morgan fingerprint density at radius 1 is 0.722 bits per heavy atom. The number of hydrogen-bond acceptors (Lipinski definition) is 14. The molecule has 1 heterocycles. The van der Waals surface area contributed by atoms with Crippen molar-refractivity contribution in [2.45, 2.75) is 149 Å². The first kappa shape index (κ1) is 50.0. The summed E-state index contributed by atoms with van der Waals surface area (Å²) < 4.78 is 17.0. The van der Waals surface area contributed by atoms with Crippen molar-refractivity contribution in [3.05, 3.63) is 46.6 Å². The minimum atomic E-state index is -1.71. The van der Waals surface area contributed by atoms with Crippen LogP contribution in [-0.2, 0) is 19.0 Å². The summed E-state index contributed by atoms with van der Waals surface area (Å²) in [4.78, 5) is 12.5. The molecule has 0 saturated carbocycles. The van der Waals surface area contributed by atoms with Crippen LogP contribution in [0.4, 0.5) is 0 Å². The Labute approximate surface area is 321 Å². The third kappa shape index (κ3) is 15.1. The second-order valence-electron chi connectivity index (χ2n) is 15.4. The number of aliphatic hydroxyl groups excluding tert-OH is 10. The first-order chi connectivity index (χ1) is 25.1. The molecule has 0 aromatic rings. The van der Waals surface area contributed by atoms with E-state index in [1.807, 2.05) is 19.9 Å². The molecular weight excluding hydrogens is 704 g/mol. The van der Waals surface area contributed by atoms with E-state index < -0.39 is 105 Å². The van der Waals surface area contributed by atoms with Gasteiger partial charge in [0.05, 0.1) is 31.5 Å². The van der Waals surface area contributed by atoms with Gasteiger partial charge in [0.2, 0.25) is 0 Å². The second-order valence-corrected chi connectivity index (χ2v) is 15.4. The molecule has 0 amide bonds. The fourth-order valence-corrected chi connectivity index (χ4v) is 6.71. The van der Waals surface area contributed by atoms with Gasteiger partial charge in [-0.1, -0.05) is 72.3 Å². The largest absolute Gasteiger partial charge is 0.459 e. The van der Waals surface area contributed by atoms with Crippen molar-refractivity contribution in [2.24, 2.45) is 29.6 Å². The highest BCUT2D eigenvalue weighted by atomic mass is 16.7. The Morgan fingerprint density at radius 2 is 1.26 bits per heavy atom. The van der Waals surface area contributed by atoms with Gasteiger partial charge in [0.25, 0.3) is 0 Å². The van der Waals surface area contributed by atoms with E-state index in [1.165, 1.54) is 13.0 Å². The summed E-state index contributed by atoms with van der Waals surface area (Å²) in [5, 5.41) is 102. The molecule has 1 aliphatic rings. The van der Waals surface area contributed by atoms with Crippen LogP contribution >= 0.6 is 0 Å². The quantitative estimate of drug-likeness (QED) is 0.0423. The number of allylic oxidation sites excluding steroid dienone is 1. The molecule has 0 aromatic heterocycles. The zero-order chi connectivity index (χ0) is 41.6. The van der Waals surface area contributed by atoms with Gasteiger partial charge >= 0.3 is 5.97 Å². The fraction of sp³-hybridized carbons (Fsp3) is 0.775. The smallest absolute Gasteiger partial charge is 0.333 e. The lowest BCUT2D eigenvalue weighted by Crippen LogP contribution is -2.60. The summed E-state index contributed by atoms with van der Waals surface area (Å²) in [5.41, 5.74) is 2.14. The van der Waals surface area contributed by atoms with E-state index in [0.29, 0.717) is 17.1 Å². The Morgan fingerprint density at radius 3 is 1.78 bits per heavy atom. The summed E-state index contributed by atoms with van der Waals surface area (Å²) in [6, 6.07) is 0. The molecule has 0 spiro atoms. The van der Waals surface area contributed by atoms with Crippen molar-refractivity contribution in [3.8, 4) is 0 Å². The lowest BCUT2D eigenvalue weighted by Gasteiger charge is -2.41. The van der Waals surface area contributed by atoms with Crippen LogP contribution in [0, 0.1) is 29.6 Å². The molecule has 0 aliphatic carbocycles. The zero-order valence-electron chi connectivity index (χ0n) is 33.7. The molecule has 16 atom stereocenters. The van der Waals surface area contributed by atoms with Gasteiger partial charge in [-0.2, -0.15) is 0 Å². The molecule has 1 saturated heterocycles. The molecule has 0 bridgehead atoms. The highest BCUT2D eigenvalue weighted by molar-refractivity contribution is 5.87. The number of carbonyl (C=O) groups excluding carboxylic acids is 1. The fourth-order valence-electron chi connectivity index (χ4n) is 6.71. The summed E-state index contributed by atoms with van der Waals surface area (Å²) >= 11 is 0. The third-order valence-corrected chi connectivity index (χ3v) is 10.3. The van der Waals surface area contributed by atoms with Gasteiger partial charge in [0.15, 0.2) is 6.29 Å². The topological polar surface area (TPSA) is 247 Å². The summed E-state index contributed by atoms with van der Waals surface area (Å²) in [7, 11) is 0. The summed E-state index contributed by atoms with van der Waals surface area (Å²) in [5.74, 6) is -1.49. The van der Waals surface area contributed by atoms with Crippen molar-refractivity contribution < 1.29 is 70.1 Å². The Kier molecular flexibility index (Phi) is 22.1. The van der Waals surface area contributed by atoms with E-state index in [0.717, 1.165) is 18.4 Å². The first-order valence-corrected chi connectivity index (χ1v) is 19.0. The van der Waals surface area contributed by atoms with E-state index in [1.54, 1.807) is 33.8 Å². The number of carbonyl (C=O) groups is 1. The number of aliphatic hydroxyl groups is 10. The van der Waals surface area contributed by atoms with Crippen LogP contribution < -0.4 is 0 Å². The monoisotopic (exact) mass is 774 g/mol. The SMILES string of the molecule is CC[C@@H](C)C[C@@H](C)/C=C(\C)[C@@H](O[C@@H]1O[C@H](CO)[C@@H](O)[C@H](O)[C@@H]1O)[C@H](C)/C=C(/C)[C@H](O)[C@@H](C)/C=C(\C)[C@@H](O)[C@H](C)/C=C(\C)C(=O)OC[C@@H](O)[C@@H](O)[C@H](O)CO. The van der Waals surface area contributed by atoms with E-state index in [9.17, 15) is 50.8 Å². The number of esters is 1. The number of rotatable bonds is 22. The normalized spacial score (nSPS) is 28.3. The molecule has 1 rings (SSSR count). The predicted molar refractivity (Wildman–Crippen MR) is 202 cm³/mol. The third-order valence-electron chi connectivity index (χ3n) is 10.3. The molecule has 1 fully saturated rings. The average molecular weight is 775 g/mol. The minimum absolute atomic E-state index is 0.138. The van der Waals surface area contributed by atoms with Crippen LogP contribution in [0.25, 0.3) is 0 Å². The van der Waals surface area contributed by atoms with Crippen LogP contribution in [0.3, 0.4) is 0 Å². The maximum absolute atomic E-state index is 12.5. The Hall–Kier alpha value is -2.05. The van der Waals surface area contributed by atoms with Gasteiger partial charge in [-0.05, 0) is 62.7 Å². The van der Waals surface area contributed by atoms with E-state index >= 15 is 0 Å². The average Bonchev–Trinajstić information content (AvgIpc) is 3.13. The molecule has 0 radical (unpaired) electrons. The predicted octanol–water partition coefficient (Wildman–Crippen LogP) is 1.28. The summed E-state index contributed by atoms with van der Waals surface area (Å²) in [6.07, 6.45) is -5.61. The lowest BCUT2D eigenvalue weighted by atomic mass is 9.87.